The molecule has 0 bridgehead atoms. The predicted molar refractivity (Wildman–Crippen MR) is 80.8 cm³/mol. The lowest BCUT2D eigenvalue weighted by Gasteiger charge is -2.15. The van der Waals surface area contributed by atoms with E-state index >= 15 is 0 Å². The molecule has 118 valence electrons. The second-order valence-electron chi connectivity index (χ2n) is 5.43. The topological polar surface area (TPSA) is 75.6 Å². The van der Waals surface area contributed by atoms with Crippen molar-refractivity contribution in [3.63, 3.8) is 0 Å². The van der Waals surface area contributed by atoms with Gasteiger partial charge in [-0.3, -0.25) is 0 Å². The van der Waals surface area contributed by atoms with Crippen LogP contribution in [0.3, 0.4) is 0 Å². The van der Waals surface area contributed by atoms with Gasteiger partial charge in [-0.2, -0.15) is 0 Å². The second kappa shape index (κ2) is 7.24. The minimum absolute atomic E-state index is 0.0203. The van der Waals surface area contributed by atoms with Crippen LogP contribution >= 0.6 is 0 Å². The number of hydrogen-bond acceptors (Lipinski definition) is 4. The molecule has 1 aromatic carbocycles. The number of aliphatic hydroxyl groups is 1. The van der Waals surface area contributed by atoms with Crippen molar-refractivity contribution in [2.24, 2.45) is 5.92 Å². The lowest BCUT2D eigenvalue weighted by Crippen LogP contribution is -2.32. The third kappa shape index (κ3) is 4.43. The van der Waals surface area contributed by atoms with E-state index < -0.39 is 16.1 Å². The number of ether oxygens (including phenoxy) is 1. The van der Waals surface area contributed by atoms with Crippen LogP contribution in [0.1, 0.15) is 32.6 Å². The Morgan fingerprint density at radius 3 is 2.57 bits per heavy atom. The fourth-order valence-corrected chi connectivity index (χ4v) is 3.58. The van der Waals surface area contributed by atoms with E-state index in [0.717, 1.165) is 25.7 Å². The highest BCUT2D eigenvalue weighted by atomic mass is 32.2. The van der Waals surface area contributed by atoms with Crippen LogP contribution in [-0.2, 0) is 10.0 Å². The molecular weight excluding hydrogens is 290 g/mol. The predicted octanol–water partition coefficient (Wildman–Crippen LogP) is 1.91. The highest BCUT2D eigenvalue weighted by molar-refractivity contribution is 7.89. The Labute approximate surface area is 126 Å². The fourth-order valence-electron chi connectivity index (χ4n) is 2.49. The normalized spacial score (nSPS) is 22.4. The van der Waals surface area contributed by atoms with Gasteiger partial charge in [0.05, 0.1) is 17.6 Å². The molecule has 0 radical (unpaired) electrons. The van der Waals surface area contributed by atoms with E-state index in [2.05, 4.69) is 4.72 Å². The minimum Gasteiger partial charge on any atom is -0.494 e. The first-order chi connectivity index (χ1) is 10.0. The maximum atomic E-state index is 12.2. The van der Waals surface area contributed by atoms with Gasteiger partial charge in [0.15, 0.2) is 0 Å². The zero-order valence-corrected chi connectivity index (χ0v) is 13.1. The van der Waals surface area contributed by atoms with Crippen molar-refractivity contribution in [2.45, 2.75) is 43.6 Å². The van der Waals surface area contributed by atoms with E-state index in [1.807, 2.05) is 6.92 Å². The molecule has 1 fully saturated rings. The van der Waals surface area contributed by atoms with Gasteiger partial charge < -0.3 is 9.84 Å². The van der Waals surface area contributed by atoms with Crippen molar-refractivity contribution >= 4 is 10.0 Å². The molecule has 2 atom stereocenters. The largest absolute Gasteiger partial charge is 0.494 e. The molecule has 2 N–H and O–H groups in total. The van der Waals surface area contributed by atoms with Crippen molar-refractivity contribution < 1.29 is 18.3 Å². The number of benzene rings is 1. The average molecular weight is 313 g/mol. The number of sulfonamides is 1. The molecule has 0 spiro atoms. The number of rotatable bonds is 7. The Balaban J connectivity index is 1.95. The van der Waals surface area contributed by atoms with Crippen LogP contribution in [0.5, 0.6) is 5.75 Å². The van der Waals surface area contributed by atoms with Crippen molar-refractivity contribution in [3.05, 3.63) is 24.3 Å². The summed E-state index contributed by atoms with van der Waals surface area (Å²) in [5.74, 6) is 0.689. The summed E-state index contributed by atoms with van der Waals surface area (Å²) in [4.78, 5) is 0.221. The summed E-state index contributed by atoms with van der Waals surface area (Å²) in [6.45, 7) is 2.92. The fraction of sp³-hybridized carbons (Fsp3) is 0.600. The number of aliphatic hydroxyl groups excluding tert-OH is 1. The Hall–Kier alpha value is -1.11. The van der Waals surface area contributed by atoms with Crippen LogP contribution in [0, 0.1) is 5.92 Å². The molecule has 0 amide bonds. The summed E-state index contributed by atoms with van der Waals surface area (Å²) in [6.07, 6.45) is 3.10. The molecule has 0 aliphatic heterocycles. The van der Waals surface area contributed by atoms with Crippen molar-refractivity contribution in [3.8, 4) is 5.75 Å². The number of hydrogen-bond donors (Lipinski definition) is 2. The summed E-state index contributed by atoms with van der Waals surface area (Å²) in [5.41, 5.74) is 0. The third-order valence-electron chi connectivity index (χ3n) is 3.76. The average Bonchev–Trinajstić information content (AvgIpc) is 2.89. The van der Waals surface area contributed by atoms with E-state index in [4.69, 9.17) is 4.74 Å². The molecule has 21 heavy (non-hydrogen) atoms. The van der Waals surface area contributed by atoms with Crippen LogP contribution in [0.15, 0.2) is 29.2 Å². The summed E-state index contributed by atoms with van der Waals surface area (Å²) in [5, 5.41) is 9.72. The molecule has 0 aromatic heterocycles. The van der Waals surface area contributed by atoms with Crippen molar-refractivity contribution in [1.82, 2.24) is 4.72 Å². The molecule has 1 aromatic rings. The SMILES string of the molecule is CCCOc1ccc(S(=O)(=O)NCC2CCCC2O)cc1. The van der Waals surface area contributed by atoms with Crippen LogP contribution in [-0.4, -0.2) is 32.8 Å². The van der Waals surface area contributed by atoms with Crippen LogP contribution in [0.25, 0.3) is 0 Å². The van der Waals surface area contributed by atoms with Crippen LogP contribution in [0.4, 0.5) is 0 Å². The molecule has 2 rings (SSSR count). The lowest BCUT2D eigenvalue weighted by atomic mass is 10.1. The van der Waals surface area contributed by atoms with Gasteiger partial charge in [-0.1, -0.05) is 13.3 Å². The molecule has 1 aliphatic rings. The summed E-state index contributed by atoms with van der Waals surface area (Å²) >= 11 is 0. The summed E-state index contributed by atoms with van der Waals surface area (Å²) < 4.78 is 32.4. The Bertz CT molecular complexity index is 541. The van der Waals surface area contributed by atoms with Gasteiger partial charge in [-0.25, -0.2) is 13.1 Å². The van der Waals surface area contributed by atoms with E-state index in [9.17, 15) is 13.5 Å². The quantitative estimate of drug-likeness (QED) is 0.806. The van der Waals surface area contributed by atoms with E-state index in [1.54, 1.807) is 24.3 Å². The van der Waals surface area contributed by atoms with Gasteiger partial charge in [0.2, 0.25) is 10.0 Å². The van der Waals surface area contributed by atoms with Gasteiger partial charge in [0.1, 0.15) is 5.75 Å². The van der Waals surface area contributed by atoms with Gasteiger partial charge in [0, 0.05) is 6.54 Å². The smallest absolute Gasteiger partial charge is 0.240 e. The zero-order valence-electron chi connectivity index (χ0n) is 12.3. The molecule has 2 unspecified atom stereocenters. The Morgan fingerprint density at radius 1 is 1.29 bits per heavy atom. The van der Waals surface area contributed by atoms with Crippen molar-refractivity contribution in [1.29, 1.82) is 0 Å². The van der Waals surface area contributed by atoms with Gasteiger partial charge in [-0.15, -0.1) is 0 Å². The van der Waals surface area contributed by atoms with E-state index in [-0.39, 0.29) is 17.4 Å². The standard InChI is InChI=1S/C15H23NO4S/c1-2-10-20-13-6-8-14(9-7-13)21(18,19)16-11-12-4-3-5-15(12)17/h6-9,12,15-17H,2-5,10-11H2,1H3. The summed E-state index contributed by atoms with van der Waals surface area (Å²) in [6, 6.07) is 6.40. The Morgan fingerprint density at radius 2 is 2.00 bits per heavy atom. The monoisotopic (exact) mass is 313 g/mol. The van der Waals surface area contributed by atoms with E-state index in [1.165, 1.54) is 0 Å². The maximum Gasteiger partial charge on any atom is 0.240 e. The van der Waals surface area contributed by atoms with Gasteiger partial charge in [0.25, 0.3) is 0 Å². The van der Waals surface area contributed by atoms with Crippen molar-refractivity contribution in [2.75, 3.05) is 13.2 Å². The summed E-state index contributed by atoms with van der Waals surface area (Å²) in [7, 11) is -3.53. The number of nitrogens with one attached hydrogen (secondary N) is 1. The first-order valence-corrected chi connectivity index (χ1v) is 8.92. The Kier molecular flexibility index (Phi) is 5.61. The maximum absolute atomic E-state index is 12.2. The van der Waals surface area contributed by atoms with Gasteiger partial charge in [-0.05, 0) is 49.4 Å². The zero-order chi connectivity index (χ0) is 15.3. The first-order valence-electron chi connectivity index (χ1n) is 7.43. The lowest BCUT2D eigenvalue weighted by molar-refractivity contribution is 0.134. The van der Waals surface area contributed by atoms with Gasteiger partial charge >= 0.3 is 0 Å². The molecule has 6 heteroatoms. The first kappa shape index (κ1) is 16.3. The minimum atomic E-state index is -3.53. The molecule has 0 saturated heterocycles. The molecule has 1 saturated carbocycles. The molecule has 1 aliphatic carbocycles. The van der Waals surface area contributed by atoms with E-state index in [0.29, 0.717) is 12.4 Å². The third-order valence-corrected chi connectivity index (χ3v) is 5.20. The molecular formula is C15H23NO4S. The highest BCUT2D eigenvalue weighted by Crippen LogP contribution is 2.25. The van der Waals surface area contributed by atoms with Crippen LogP contribution < -0.4 is 9.46 Å². The highest BCUT2D eigenvalue weighted by Gasteiger charge is 2.26. The molecule has 5 nitrogen and oxygen atoms in total. The second-order valence-corrected chi connectivity index (χ2v) is 7.20. The van der Waals surface area contributed by atoms with Crippen LogP contribution in [0.2, 0.25) is 0 Å². The molecule has 0 heterocycles.